The van der Waals surface area contributed by atoms with Crippen molar-refractivity contribution in [3.63, 3.8) is 0 Å². The average molecular weight is 188 g/mol. The topological polar surface area (TPSA) is 36.9 Å². The maximum absolute atomic E-state index is 5.70. The van der Waals surface area contributed by atoms with Gasteiger partial charge >= 0.3 is 0 Å². The Morgan fingerprint density at radius 2 is 2.00 bits per heavy atom. The molecule has 4 nitrogen and oxygen atoms in total. The summed E-state index contributed by atoms with van der Waals surface area (Å²) < 4.78 is 21.9. The molecule has 0 amide bonds. The Balaban J connectivity index is 2.15. The summed E-state index contributed by atoms with van der Waals surface area (Å²) in [4.78, 5) is 0. The maximum Gasteiger partial charge on any atom is 0.122 e. The van der Waals surface area contributed by atoms with Crippen molar-refractivity contribution in [3.8, 4) is 0 Å². The SMILES string of the molecule is CO[C@H]1CO[C@@H]2[C@H](OC)CO[C@]12C. The van der Waals surface area contributed by atoms with Gasteiger partial charge in [0.25, 0.3) is 0 Å². The van der Waals surface area contributed by atoms with Gasteiger partial charge in [-0.3, -0.25) is 0 Å². The Kier molecular flexibility index (Phi) is 2.32. The molecule has 0 N–H and O–H groups in total. The lowest BCUT2D eigenvalue weighted by molar-refractivity contribution is -0.0774. The zero-order valence-electron chi connectivity index (χ0n) is 8.28. The van der Waals surface area contributed by atoms with E-state index in [1.54, 1.807) is 14.2 Å². The van der Waals surface area contributed by atoms with E-state index in [0.717, 1.165) is 0 Å². The van der Waals surface area contributed by atoms with E-state index >= 15 is 0 Å². The van der Waals surface area contributed by atoms with Gasteiger partial charge in [-0.2, -0.15) is 0 Å². The Bertz CT molecular complexity index is 196. The zero-order valence-corrected chi connectivity index (χ0v) is 8.28. The average Bonchev–Trinajstić information content (AvgIpc) is 2.59. The van der Waals surface area contributed by atoms with Crippen molar-refractivity contribution in [1.82, 2.24) is 0 Å². The maximum atomic E-state index is 5.70. The molecule has 2 saturated heterocycles. The monoisotopic (exact) mass is 188 g/mol. The van der Waals surface area contributed by atoms with Crippen molar-refractivity contribution in [2.24, 2.45) is 0 Å². The van der Waals surface area contributed by atoms with Crippen molar-refractivity contribution in [3.05, 3.63) is 0 Å². The van der Waals surface area contributed by atoms with Crippen molar-refractivity contribution in [2.75, 3.05) is 27.4 Å². The molecule has 4 heteroatoms. The highest BCUT2D eigenvalue weighted by molar-refractivity contribution is 5.05. The fraction of sp³-hybridized carbons (Fsp3) is 1.00. The second-order valence-electron chi connectivity index (χ2n) is 3.75. The van der Waals surface area contributed by atoms with Crippen molar-refractivity contribution in [2.45, 2.75) is 30.8 Å². The molecule has 0 aromatic carbocycles. The molecule has 2 fully saturated rings. The fourth-order valence-electron chi connectivity index (χ4n) is 2.20. The lowest BCUT2D eigenvalue weighted by atomic mass is 9.95. The number of fused-ring (bicyclic) bond motifs is 1. The predicted octanol–water partition coefficient (Wildman–Crippen LogP) is 0.204. The number of hydrogen-bond donors (Lipinski definition) is 0. The third-order valence-corrected chi connectivity index (χ3v) is 3.11. The van der Waals surface area contributed by atoms with E-state index in [-0.39, 0.29) is 23.9 Å². The van der Waals surface area contributed by atoms with E-state index in [1.165, 1.54) is 0 Å². The molecule has 0 aliphatic carbocycles. The standard InChI is InChI=1S/C9H16O4/c1-9-7(11-3)5-12-8(9)6(10-2)4-13-9/h6-8H,4-5H2,1-3H3/t6-,7+,8-,9-/m1/s1. The second-order valence-corrected chi connectivity index (χ2v) is 3.75. The first-order valence-electron chi connectivity index (χ1n) is 4.53. The molecule has 0 aromatic rings. The number of hydrogen-bond acceptors (Lipinski definition) is 4. The summed E-state index contributed by atoms with van der Waals surface area (Å²) in [6.07, 6.45) is 0.0882. The first-order valence-corrected chi connectivity index (χ1v) is 4.53. The second kappa shape index (κ2) is 3.20. The molecule has 0 aromatic heterocycles. The van der Waals surface area contributed by atoms with Gasteiger partial charge in [-0.1, -0.05) is 0 Å². The molecule has 2 heterocycles. The van der Waals surface area contributed by atoms with Crippen molar-refractivity contribution < 1.29 is 18.9 Å². The lowest BCUT2D eigenvalue weighted by Crippen LogP contribution is -2.45. The Morgan fingerprint density at radius 3 is 2.62 bits per heavy atom. The normalized spacial score (nSPS) is 49.6. The van der Waals surface area contributed by atoms with Gasteiger partial charge in [0.15, 0.2) is 0 Å². The summed E-state index contributed by atoms with van der Waals surface area (Å²) in [5, 5.41) is 0. The van der Waals surface area contributed by atoms with Gasteiger partial charge in [-0.05, 0) is 6.92 Å². The molecule has 0 saturated carbocycles. The third-order valence-electron chi connectivity index (χ3n) is 3.11. The van der Waals surface area contributed by atoms with Crippen LogP contribution in [0, 0.1) is 0 Å². The van der Waals surface area contributed by atoms with E-state index in [0.29, 0.717) is 13.2 Å². The van der Waals surface area contributed by atoms with Crippen LogP contribution in [0.15, 0.2) is 0 Å². The molecule has 0 spiro atoms. The fourth-order valence-corrected chi connectivity index (χ4v) is 2.20. The smallest absolute Gasteiger partial charge is 0.122 e. The van der Waals surface area contributed by atoms with E-state index in [4.69, 9.17) is 18.9 Å². The van der Waals surface area contributed by atoms with Crippen LogP contribution < -0.4 is 0 Å². The third kappa shape index (κ3) is 1.21. The van der Waals surface area contributed by atoms with E-state index in [2.05, 4.69) is 0 Å². The molecule has 0 bridgehead atoms. The van der Waals surface area contributed by atoms with Gasteiger partial charge in [0.1, 0.15) is 23.9 Å². The van der Waals surface area contributed by atoms with Gasteiger partial charge in [-0.15, -0.1) is 0 Å². The quantitative estimate of drug-likeness (QED) is 0.620. The molecule has 76 valence electrons. The Morgan fingerprint density at radius 1 is 1.23 bits per heavy atom. The molecule has 13 heavy (non-hydrogen) atoms. The van der Waals surface area contributed by atoms with Crippen LogP contribution in [0.5, 0.6) is 0 Å². The minimum Gasteiger partial charge on any atom is -0.376 e. The van der Waals surface area contributed by atoms with Gasteiger partial charge in [-0.25, -0.2) is 0 Å². The number of methoxy groups -OCH3 is 2. The molecular weight excluding hydrogens is 172 g/mol. The summed E-state index contributed by atoms with van der Waals surface area (Å²) >= 11 is 0. The van der Waals surface area contributed by atoms with E-state index < -0.39 is 0 Å². The Labute approximate surface area is 78.1 Å². The largest absolute Gasteiger partial charge is 0.376 e. The summed E-state index contributed by atoms with van der Waals surface area (Å²) in [6, 6.07) is 0. The van der Waals surface area contributed by atoms with Gasteiger partial charge < -0.3 is 18.9 Å². The van der Waals surface area contributed by atoms with Crippen LogP contribution in [0.4, 0.5) is 0 Å². The Hall–Kier alpha value is -0.160. The van der Waals surface area contributed by atoms with Crippen molar-refractivity contribution >= 4 is 0 Å². The highest BCUT2D eigenvalue weighted by atomic mass is 16.6. The molecule has 2 rings (SSSR count). The van der Waals surface area contributed by atoms with Crippen LogP contribution in [-0.2, 0) is 18.9 Å². The van der Waals surface area contributed by atoms with Gasteiger partial charge in [0.2, 0.25) is 0 Å². The number of rotatable bonds is 2. The first-order chi connectivity index (χ1) is 6.22. The summed E-state index contributed by atoms with van der Waals surface area (Å²) in [7, 11) is 3.37. The van der Waals surface area contributed by atoms with Crippen LogP contribution in [-0.4, -0.2) is 51.3 Å². The van der Waals surface area contributed by atoms with E-state index in [9.17, 15) is 0 Å². The molecule has 2 aliphatic rings. The van der Waals surface area contributed by atoms with Crippen LogP contribution in [0.1, 0.15) is 6.92 Å². The van der Waals surface area contributed by atoms with Crippen LogP contribution >= 0.6 is 0 Å². The minimum absolute atomic E-state index is 0.0162. The van der Waals surface area contributed by atoms with Crippen LogP contribution in [0.2, 0.25) is 0 Å². The summed E-state index contributed by atoms with van der Waals surface area (Å²) in [5.41, 5.74) is -0.324. The molecular formula is C9H16O4. The zero-order chi connectivity index (χ0) is 9.47. The minimum atomic E-state index is -0.324. The van der Waals surface area contributed by atoms with E-state index in [1.807, 2.05) is 6.92 Å². The lowest BCUT2D eigenvalue weighted by Gasteiger charge is -2.27. The first kappa shape index (κ1) is 9.40. The number of ether oxygens (including phenoxy) is 4. The molecule has 0 unspecified atom stereocenters. The summed E-state index contributed by atoms with van der Waals surface area (Å²) in [6.45, 7) is 3.22. The highest BCUT2D eigenvalue weighted by Gasteiger charge is 2.57. The highest BCUT2D eigenvalue weighted by Crippen LogP contribution is 2.39. The summed E-state index contributed by atoms with van der Waals surface area (Å²) in [5.74, 6) is 0. The molecule has 4 atom stereocenters. The molecule has 0 radical (unpaired) electrons. The predicted molar refractivity (Wildman–Crippen MR) is 45.7 cm³/mol. The van der Waals surface area contributed by atoms with Gasteiger partial charge in [0.05, 0.1) is 13.2 Å². The van der Waals surface area contributed by atoms with Crippen LogP contribution in [0.3, 0.4) is 0 Å². The van der Waals surface area contributed by atoms with Gasteiger partial charge in [0, 0.05) is 14.2 Å². The molecule has 2 aliphatic heterocycles. The van der Waals surface area contributed by atoms with Crippen LogP contribution in [0.25, 0.3) is 0 Å². The van der Waals surface area contributed by atoms with Crippen molar-refractivity contribution in [1.29, 1.82) is 0 Å².